The zero-order valence-electron chi connectivity index (χ0n) is 30.0. The van der Waals surface area contributed by atoms with Gasteiger partial charge < -0.3 is 9.15 Å². The number of hydrogen-bond acceptors (Lipinski definition) is 3. The van der Waals surface area contributed by atoms with Crippen molar-refractivity contribution in [2.24, 2.45) is 0 Å². The van der Waals surface area contributed by atoms with Gasteiger partial charge in [-0.1, -0.05) is 140 Å². The molecule has 2 aromatic heterocycles. The lowest BCUT2D eigenvalue weighted by molar-refractivity contribution is 0.476. The van der Waals surface area contributed by atoms with Crippen LogP contribution in [0.3, 0.4) is 0 Å². The fourth-order valence-corrected chi connectivity index (χ4v) is 11.2. The number of ether oxygens (including phenoxy) is 1. The first kappa shape index (κ1) is 30.4. The normalized spacial score (nSPS) is 13.6. The number of fused-ring (bicyclic) bond motifs is 18. The summed E-state index contributed by atoms with van der Waals surface area (Å²) in [5, 5.41) is 7.03. The van der Waals surface area contributed by atoms with Crippen molar-refractivity contribution >= 4 is 64.2 Å². The summed E-state index contributed by atoms with van der Waals surface area (Å²) in [7, 11) is 0. The van der Waals surface area contributed by atoms with E-state index in [0.29, 0.717) is 0 Å². The van der Waals surface area contributed by atoms with Crippen molar-refractivity contribution < 1.29 is 9.15 Å². The Labute approximate surface area is 326 Å². The van der Waals surface area contributed by atoms with Crippen LogP contribution in [-0.2, 0) is 5.41 Å². The van der Waals surface area contributed by atoms with Gasteiger partial charge in [0.05, 0.1) is 5.41 Å². The average Bonchev–Trinajstić information content (AvgIpc) is 3.88. The standard InChI is InChI=1S/C53H30O2S/c1-3-15-33(16-4-1)53(34-17-5-2-6-18-34)42-21-11-9-19-35(42)36-23-26-40-47-39(25-24-37-41-29-31-13-7-8-14-32(31)30-44(41)55-51(37)47)48-43(54-52(40)50(36)53)27-28-46-49(48)38-20-10-12-22-45(38)56-46/h1-30H. The van der Waals surface area contributed by atoms with Crippen LogP contribution in [0.15, 0.2) is 186 Å². The molecule has 0 fully saturated rings. The van der Waals surface area contributed by atoms with Crippen molar-refractivity contribution in [2.45, 2.75) is 5.41 Å². The van der Waals surface area contributed by atoms with E-state index in [1.165, 1.54) is 53.4 Å². The molecule has 1 aliphatic heterocycles. The molecule has 0 unspecified atom stereocenters. The van der Waals surface area contributed by atoms with Gasteiger partial charge in [-0.25, -0.2) is 0 Å². The molecular formula is C53H30O2S. The van der Waals surface area contributed by atoms with Crippen molar-refractivity contribution in [2.75, 3.05) is 0 Å². The first-order chi connectivity index (χ1) is 27.8. The zero-order valence-corrected chi connectivity index (χ0v) is 30.9. The molecule has 0 radical (unpaired) electrons. The van der Waals surface area contributed by atoms with Gasteiger partial charge in [0.15, 0.2) is 0 Å². The highest BCUT2D eigenvalue weighted by atomic mass is 32.1. The molecule has 11 aromatic rings. The molecule has 0 amide bonds. The van der Waals surface area contributed by atoms with E-state index in [1.807, 2.05) is 11.3 Å². The predicted octanol–water partition coefficient (Wildman–Crippen LogP) is 14.9. The van der Waals surface area contributed by atoms with Crippen molar-refractivity contribution in [3.63, 3.8) is 0 Å². The molecule has 3 heterocycles. The monoisotopic (exact) mass is 730 g/mol. The van der Waals surface area contributed by atoms with Gasteiger partial charge in [-0.2, -0.15) is 0 Å². The van der Waals surface area contributed by atoms with E-state index in [4.69, 9.17) is 9.15 Å². The summed E-state index contributed by atoms with van der Waals surface area (Å²) < 4.78 is 17.3. The van der Waals surface area contributed by atoms with E-state index in [2.05, 4.69) is 182 Å². The van der Waals surface area contributed by atoms with Gasteiger partial charge in [-0.05, 0) is 86.6 Å². The number of furan rings is 1. The second-order valence-corrected chi connectivity index (χ2v) is 16.2. The third-order valence-electron chi connectivity index (χ3n) is 12.3. The SMILES string of the molecule is c1ccc(C2(c3ccccc3)c3ccccc3-c3ccc4c(c32)Oc2ccc3sc5ccccc5c3c2-c2ccc3c(oc5cc6ccccc6cc53)c2-4)cc1. The van der Waals surface area contributed by atoms with Crippen molar-refractivity contribution in [3.05, 3.63) is 204 Å². The Morgan fingerprint density at radius 2 is 1.12 bits per heavy atom. The summed E-state index contributed by atoms with van der Waals surface area (Å²) in [6.07, 6.45) is 0. The topological polar surface area (TPSA) is 22.4 Å². The molecule has 0 atom stereocenters. The Bertz CT molecular complexity index is 3400. The lowest BCUT2D eigenvalue weighted by Gasteiger charge is -2.35. The molecular weight excluding hydrogens is 701 g/mol. The van der Waals surface area contributed by atoms with Crippen molar-refractivity contribution in [1.82, 2.24) is 0 Å². The Morgan fingerprint density at radius 1 is 0.446 bits per heavy atom. The van der Waals surface area contributed by atoms with Crippen molar-refractivity contribution in [1.29, 1.82) is 0 Å². The Balaban J connectivity index is 1.24. The summed E-state index contributed by atoms with van der Waals surface area (Å²) in [6, 6.07) is 66.3. The summed E-state index contributed by atoms with van der Waals surface area (Å²) in [5.41, 5.74) is 12.6. The van der Waals surface area contributed by atoms with Crippen LogP contribution in [0.1, 0.15) is 22.3 Å². The highest BCUT2D eigenvalue weighted by Crippen LogP contribution is 2.64. The molecule has 3 heteroatoms. The molecule has 0 saturated heterocycles. The molecule has 2 nitrogen and oxygen atoms in total. The smallest absolute Gasteiger partial charge is 0.144 e. The highest BCUT2D eigenvalue weighted by molar-refractivity contribution is 7.26. The Kier molecular flexibility index (Phi) is 6.01. The molecule has 9 aromatic carbocycles. The van der Waals surface area contributed by atoms with Crippen LogP contribution in [0.4, 0.5) is 0 Å². The molecule has 1 aliphatic carbocycles. The van der Waals surface area contributed by atoms with E-state index in [1.54, 1.807) is 0 Å². The highest BCUT2D eigenvalue weighted by Gasteiger charge is 2.49. The van der Waals surface area contributed by atoms with Gasteiger partial charge in [0.2, 0.25) is 0 Å². The second kappa shape index (κ2) is 11.1. The molecule has 0 N–H and O–H groups in total. The minimum absolute atomic E-state index is 0.650. The van der Waals surface area contributed by atoms with Crippen LogP contribution < -0.4 is 4.74 Å². The van der Waals surface area contributed by atoms with Crippen LogP contribution in [0.2, 0.25) is 0 Å². The minimum atomic E-state index is -0.650. The summed E-state index contributed by atoms with van der Waals surface area (Å²) in [6.45, 7) is 0. The molecule has 13 rings (SSSR count). The van der Waals surface area contributed by atoms with Crippen LogP contribution in [0.25, 0.3) is 86.3 Å². The van der Waals surface area contributed by atoms with Crippen LogP contribution >= 0.6 is 11.3 Å². The molecule has 0 saturated carbocycles. The summed E-state index contributed by atoms with van der Waals surface area (Å²) in [4.78, 5) is 0. The van der Waals surface area contributed by atoms with Crippen molar-refractivity contribution in [3.8, 4) is 44.9 Å². The van der Waals surface area contributed by atoms with Gasteiger partial charge in [0.1, 0.15) is 22.7 Å². The van der Waals surface area contributed by atoms with Gasteiger partial charge in [0.25, 0.3) is 0 Å². The Morgan fingerprint density at radius 3 is 1.95 bits per heavy atom. The Hall–Kier alpha value is -6.94. The predicted molar refractivity (Wildman–Crippen MR) is 232 cm³/mol. The fraction of sp³-hybridized carbons (Fsp3) is 0.0189. The maximum atomic E-state index is 7.63. The van der Waals surface area contributed by atoms with E-state index in [-0.39, 0.29) is 0 Å². The second-order valence-electron chi connectivity index (χ2n) is 15.1. The van der Waals surface area contributed by atoms with Crippen LogP contribution in [0.5, 0.6) is 11.5 Å². The summed E-state index contributed by atoms with van der Waals surface area (Å²) in [5.74, 6) is 1.71. The van der Waals surface area contributed by atoms with Gasteiger partial charge >= 0.3 is 0 Å². The molecule has 2 aliphatic rings. The quantitative estimate of drug-likeness (QED) is 0.177. The maximum absolute atomic E-state index is 7.63. The lowest BCUT2D eigenvalue weighted by atomic mass is 9.67. The van der Waals surface area contributed by atoms with Crippen LogP contribution in [-0.4, -0.2) is 0 Å². The number of benzene rings is 9. The fourth-order valence-electron chi connectivity index (χ4n) is 10.1. The van der Waals surface area contributed by atoms with Gasteiger partial charge in [-0.15, -0.1) is 11.3 Å². The maximum Gasteiger partial charge on any atom is 0.144 e. The molecule has 0 bridgehead atoms. The van der Waals surface area contributed by atoms with Crippen LogP contribution in [0, 0.1) is 0 Å². The third kappa shape index (κ3) is 3.85. The van der Waals surface area contributed by atoms with E-state index in [9.17, 15) is 0 Å². The molecule has 56 heavy (non-hydrogen) atoms. The third-order valence-corrected chi connectivity index (χ3v) is 13.5. The van der Waals surface area contributed by atoms with E-state index in [0.717, 1.165) is 66.6 Å². The number of thiophene rings is 1. The number of rotatable bonds is 2. The largest absolute Gasteiger partial charge is 0.456 e. The van der Waals surface area contributed by atoms with E-state index >= 15 is 0 Å². The first-order valence-corrected chi connectivity index (χ1v) is 20.0. The summed E-state index contributed by atoms with van der Waals surface area (Å²) >= 11 is 1.84. The minimum Gasteiger partial charge on any atom is -0.456 e. The average molecular weight is 731 g/mol. The molecule has 260 valence electrons. The molecule has 0 spiro atoms. The zero-order chi connectivity index (χ0) is 36.5. The van der Waals surface area contributed by atoms with E-state index < -0.39 is 5.41 Å². The van der Waals surface area contributed by atoms with Gasteiger partial charge in [0, 0.05) is 53.2 Å². The lowest BCUT2D eigenvalue weighted by Crippen LogP contribution is -2.29. The first-order valence-electron chi connectivity index (χ1n) is 19.2. The number of hydrogen-bond donors (Lipinski definition) is 0. The van der Waals surface area contributed by atoms with Gasteiger partial charge in [-0.3, -0.25) is 0 Å².